The SMILES string of the molecule is CC(C)C(NC(=O)C(N)CS)C(=O)NC(CC(=O)O)C(=O)N1CCCC1C(=O)O. The zero-order valence-electron chi connectivity index (χ0n) is 16.3. The van der Waals surface area contributed by atoms with E-state index in [0.717, 1.165) is 4.90 Å². The second-order valence-electron chi connectivity index (χ2n) is 7.21. The third-order valence-electron chi connectivity index (χ3n) is 4.59. The predicted molar refractivity (Wildman–Crippen MR) is 105 cm³/mol. The molecule has 1 aliphatic heterocycles. The summed E-state index contributed by atoms with van der Waals surface area (Å²) in [5.41, 5.74) is 5.59. The van der Waals surface area contributed by atoms with E-state index in [1.54, 1.807) is 13.8 Å². The highest BCUT2D eigenvalue weighted by atomic mass is 32.1. The summed E-state index contributed by atoms with van der Waals surface area (Å²) in [5, 5.41) is 23.2. The largest absolute Gasteiger partial charge is 0.481 e. The number of aliphatic carboxylic acids is 2. The van der Waals surface area contributed by atoms with Gasteiger partial charge < -0.3 is 31.5 Å². The molecule has 11 nitrogen and oxygen atoms in total. The van der Waals surface area contributed by atoms with Crippen LogP contribution in [-0.4, -0.2) is 81.2 Å². The lowest BCUT2D eigenvalue weighted by molar-refractivity contribution is -0.150. The van der Waals surface area contributed by atoms with E-state index in [2.05, 4.69) is 23.3 Å². The zero-order chi connectivity index (χ0) is 22.3. The lowest BCUT2D eigenvalue weighted by Gasteiger charge is -2.29. The molecule has 1 aliphatic rings. The average molecular weight is 432 g/mol. The molecule has 1 saturated heterocycles. The van der Waals surface area contributed by atoms with Gasteiger partial charge in [0.2, 0.25) is 17.7 Å². The summed E-state index contributed by atoms with van der Waals surface area (Å²) >= 11 is 3.93. The normalized spacial score (nSPS) is 19.3. The van der Waals surface area contributed by atoms with Crippen molar-refractivity contribution >= 4 is 42.3 Å². The van der Waals surface area contributed by atoms with Gasteiger partial charge in [-0.15, -0.1) is 0 Å². The molecule has 1 rings (SSSR count). The van der Waals surface area contributed by atoms with Gasteiger partial charge in [0.25, 0.3) is 0 Å². The van der Waals surface area contributed by atoms with Crippen LogP contribution in [0.3, 0.4) is 0 Å². The monoisotopic (exact) mass is 432 g/mol. The minimum Gasteiger partial charge on any atom is -0.481 e. The first-order valence-corrected chi connectivity index (χ1v) is 9.85. The Morgan fingerprint density at radius 1 is 1.14 bits per heavy atom. The van der Waals surface area contributed by atoms with Crippen molar-refractivity contribution in [3.63, 3.8) is 0 Å². The lowest BCUT2D eigenvalue weighted by Crippen LogP contribution is -2.59. The van der Waals surface area contributed by atoms with E-state index in [1.165, 1.54) is 0 Å². The van der Waals surface area contributed by atoms with E-state index in [9.17, 15) is 29.1 Å². The molecule has 0 bridgehead atoms. The fourth-order valence-electron chi connectivity index (χ4n) is 3.00. The fraction of sp³-hybridized carbons (Fsp3) is 0.706. The third kappa shape index (κ3) is 6.89. The number of rotatable bonds is 10. The highest BCUT2D eigenvalue weighted by Gasteiger charge is 2.39. The van der Waals surface area contributed by atoms with Crippen molar-refractivity contribution in [3.05, 3.63) is 0 Å². The molecule has 0 aromatic rings. The first-order valence-electron chi connectivity index (χ1n) is 9.21. The molecule has 0 aliphatic carbocycles. The van der Waals surface area contributed by atoms with Crippen LogP contribution in [0.1, 0.15) is 33.1 Å². The van der Waals surface area contributed by atoms with Crippen LogP contribution in [0.5, 0.6) is 0 Å². The molecule has 0 aromatic carbocycles. The Balaban J connectivity index is 2.98. The van der Waals surface area contributed by atoms with Crippen molar-refractivity contribution in [2.45, 2.75) is 57.3 Å². The number of carbonyl (C=O) groups excluding carboxylic acids is 3. The number of likely N-dealkylation sites (tertiary alicyclic amines) is 1. The molecule has 4 atom stereocenters. The summed E-state index contributed by atoms with van der Waals surface area (Å²) < 4.78 is 0. The van der Waals surface area contributed by atoms with Crippen LogP contribution >= 0.6 is 12.6 Å². The summed E-state index contributed by atoms with van der Waals surface area (Å²) in [7, 11) is 0. The summed E-state index contributed by atoms with van der Waals surface area (Å²) in [5.74, 6) is -5.01. The number of amides is 3. The molecule has 6 N–H and O–H groups in total. The molecular formula is C17H28N4O7S. The first-order chi connectivity index (χ1) is 13.5. The van der Waals surface area contributed by atoms with Crippen molar-refractivity contribution in [2.75, 3.05) is 12.3 Å². The first kappa shape index (κ1) is 24.7. The zero-order valence-corrected chi connectivity index (χ0v) is 17.2. The Kier molecular flexibility index (Phi) is 9.37. The molecule has 164 valence electrons. The lowest BCUT2D eigenvalue weighted by atomic mass is 10.0. The van der Waals surface area contributed by atoms with Gasteiger partial charge in [-0.05, 0) is 18.8 Å². The van der Waals surface area contributed by atoms with Crippen molar-refractivity contribution in [1.29, 1.82) is 0 Å². The highest BCUT2D eigenvalue weighted by Crippen LogP contribution is 2.19. The van der Waals surface area contributed by atoms with Crippen molar-refractivity contribution < 1.29 is 34.2 Å². The minimum atomic E-state index is -1.46. The summed E-state index contributed by atoms with van der Waals surface area (Å²) in [4.78, 5) is 61.1. The number of hydrogen-bond acceptors (Lipinski definition) is 7. The topological polar surface area (TPSA) is 179 Å². The van der Waals surface area contributed by atoms with E-state index >= 15 is 0 Å². The second kappa shape index (κ2) is 11.0. The smallest absolute Gasteiger partial charge is 0.326 e. The number of carbonyl (C=O) groups is 5. The van der Waals surface area contributed by atoms with E-state index in [4.69, 9.17) is 10.8 Å². The van der Waals surface area contributed by atoms with Crippen LogP contribution in [0.2, 0.25) is 0 Å². The Bertz CT molecular complexity index is 658. The second-order valence-corrected chi connectivity index (χ2v) is 7.57. The minimum absolute atomic E-state index is 0.0595. The van der Waals surface area contributed by atoms with Gasteiger partial charge in [-0.25, -0.2) is 4.79 Å². The molecule has 29 heavy (non-hydrogen) atoms. The molecule has 1 fully saturated rings. The fourth-order valence-corrected chi connectivity index (χ4v) is 3.17. The number of carboxylic acid groups (broad SMARTS) is 2. The van der Waals surface area contributed by atoms with E-state index in [-0.39, 0.29) is 24.6 Å². The highest BCUT2D eigenvalue weighted by molar-refractivity contribution is 7.80. The van der Waals surface area contributed by atoms with Gasteiger partial charge >= 0.3 is 11.9 Å². The van der Waals surface area contributed by atoms with Gasteiger partial charge in [0.15, 0.2) is 0 Å². The molecule has 0 aromatic heterocycles. The van der Waals surface area contributed by atoms with Crippen LogP contribution in [0.25, 0.3) is 0 Å². The average Bonchev–Trinajstić information content (AvgIpc) is 3.13. The number of nitrogens with zero attached hydrogens (tertiary/aromatic N) is 1. The van der Waals surface area contributed by atoms with Gasteiger partial charge in [0, 0.05) is 12.3 Å². The van der Waals surface area contributed by atoms with Gasteiger partial charge in [-0.2, -0.15) is 12.6 Å². The number of nitrogens with two attached hydrogens (primary N) is 1. The van der Waals surface area contributed by atoms with Crippen molar-refractivity contribution in [2.24, 2.45) is 11.7 Å². The Hall–Kier alpha value is -2.34. The summed E-state index contributed by atoms with van der Waals surface area (Å²) in [6, 6.07) is -4.53. The van der Waals surface area contributed by atoms with Gasteiger partial charge in [-0.3, -0.25) is 19.2 Å². The van der Waals surface area contributed by atoms with Crippen LogP contribution in [0, 0.1) is 5.92 Å². The standard InChI is InChI=1S/C17H28N4O7S/c1-8(2)13(20-14(24)9(18)7-29)15(25)19-10(6-12(22)23)16(26)21-5-3-4-11(21)17(27)28/h8-11,13,29H,3-7,18H2,1-2H3,(H,19,25)(H,20,24)(H,22,23)(H,27,28). The number of carboxylic acids is 2. The van der Waals surface area contributed by atoms with E-state index in [1.807, 2.05) is 0 Å². The quantitative estimate of drug-likeness (QED) is 0.224. The van der Waals surface area contributed by atoms with Gasteiger partial charge in [0.1, 0.15) is 18.1 Å². The maximum absolute atomic E-state index is 12.8. The van der Waals surface area contributed by atoms with Crippen LogP contribution in [0.15, 0.2) is 0 Å². The van der Waals surface area contributed by atoms with Crippen LogP contribution in [-0.2, 0) is 24.0 Å². The Labute approximate surface area is 173 Å². The molecule has 0 saturated carbocycles. The number of thiol groups is 1. The molecule has 3 amide bonds. The van der Waals surface area contributed by atoms with E-state index < -0.39 is 60.2 Å². The molecule has 0 spiro atoms. The van der Waals surface area contributed by atoms with Crippen molar-refractivity contribution in [1.82, 2.24) is 15.5 Å². The number of nitrogens with one attached hydrogen (secondary N) is 2. The maximum Gasteiger partial charge on any atom is 0.326 e. The summed E-state index contributed by atoms with van der Waals surface area (Å²) in [6.07, 6.45) is -0.00777. The Morgan fingerprint density at radius 3 is 2.24 bits per heavy atom. The summed E-state index contributed by atoms with van der Waals surface area (Å²) in [6.45, 7) is 3.47. The maximum atomic E-state index is 12.8. The van der Waals surface area contributed by atoms with E-state index in [0.29, 0.717) is 6.42 Å². The predicted octanol–water partition coefficient (Wildman–Crippen LogP) is -1.58. The third-order valence-corrected chi connectivity index (χ3v) is 4.99. The molecular weight excluding hydrogens is 404 g/mol. The molecule has 1 heterocycles. The molecule has 12 heteroatoms. The van der Waals surface area contributed by atoms with Crippen LogP contribution in [0.4, 0.5) is 0 Å². The Morgan fingerprint density at radius 2 is 1.76 bits per heavy atom. The molecule has 4 unspecified atom stereocenters. The van der Waals surface area contributed by atoms with Crippen LogP contribution < -0.4 is 16.4 Å². The van der Waals surface area contributed by atoms with Gasteiger partial charge in [0.05, 0.1) is 12.5 Å². The van der Waals surface area contributed by atoms with Crippen molar-refractivity contribution in [3.8, 4) is 0 Å². The molecule has 0 radical (unpaired) electrons. The van der Waals surface area contributed by atoms with Gasteiger partial charge in [-0.1, -0.05) is 13.8 Å². The number of hydrogen-bond donors (Lipinski definition) is 6.